The molecule has 34 heavy (non-hydrogen) atoms. The summed E-state index contributed by atoms with van der Waals surface area (Å²) in [5, 5.41) is 24.6. The van der Waals surface area contributed by atoms with Crippen LogP contribution in [0.3, 0.4) is 0 Å². The highest BCUT2D eigenvalue weighted by atomic mass is 16.5. The lowest BCUT2D eigenvalue weighted by Crippen LogP contribution is -2.37. The number of hydrogen-bond donors (Lipinski definition) is 2. The molecule has 0 unspecified atom stereocenters. The van der Waals surface area contributed by atoms with Crippen molar-refractivity contribution in [1.29, 1.82) is 5.26 Å². The molecule has 2 aromatic carbocycles. The number of rotatable bonds is 8. The van der Waals surface area contributed by atoms with Gasteiger partial charge in [-0.25, -0.2) is 0 Å². The van der Waals surface area contributed by atoms with Crippen LogP contribution >= 0.6 is 0 Å². The molecular weight excluding hydrogens is 434 g/mol. The van der Waals surface area contributed by atoms with Gasteiger partial charge in [-0.2, -0.15) is 5.26 Å². The number of nitrogens with one attached hydrogen (secondary N) is 2. The lowest BCUT2D eigenvalue weighted by atomic mass is 10.1. The van der Waals surface area contributed by atoms with Crippen LogP contribution < -0.4 is 14.8 Å². The molecule has 0 aliphatic carbocycles. The highest BCUT2D eigenvalue weighted by molar-refractivity contribution is 6.00. The standard InChI is InChI=1S/C24H25N7O3/c1-32-21-6-4-18-22(27-17-3-5-19-20(13-17)29-30-28-19)16(14-25)15-26-23(18)24(21)34-10-2-7-31-8-11-33-12-9-31/h3-6,13,15H,2,7-12H2,1H3,(H,26,27)(H,28,29,30). The minimum Gasteiger partial charge on any atom is -0.493 e. The van der Waals surface area contributed by atoms with E-state index in [9.17, 15) is 5.26 Å². The van der Waals surface area contributed by atoms with Crippen LogP contribution in [0.2, 0.25) is 0 Å². The maximum Gasteiger partial charge on any atom is 0.187 e. The Morgan fingerprint density at radius 2 is 2.12 bits per heavy atom. The second-order valence-corrected chi connectivity index (χ2v) is 7.98. The van der Waals surface area contributed by atoms with Gasteiger partial charge in [0, 0.05) is 36.9 Å². The normalized spacial score (nSPS) is 14.2. The van der Waals surface area contributed by atoms with E-state index >= 15 is 0 Å². The maximum atomic E-state index is 9.74. The number of aromatic nitrogens is 4. The number of aromatic amines is 1. The van der Waals surface area contributed by atoms with E-state index in [0.29, 0.717) is 34.9 Å². The number of morpholine rings is 1. The van der Waals surface area contributed by atoms with Crippen molar-refractivity contribution in [3.63, 3.8) is 0 Å². The van der Waals surface area contributed by atoms with Crippen LogP contribution in [0.15, 0.2) is 36.5 Å². The van der Waals surface area contributed by atoms with E-state index in [1.165, 1.54) is 0 Å². The van der Waals surface area contributed by atoms with Crippen LogP contribution in [0.5, 0.6) is 11.5 Å². The third-order valence-electron chi connectivity index (χ3n) is 5.86. The zero-order valence-corrected chi connectivity index (χ0v) is 18.9. The number of nitrogens with zero attached hydrogens (tertiary/aromatic N) is 5. The third kappa shape index (κ3) is 4.44. The summed E-state index contributed by atoms with van der Waals surface area (Å²) in [6.07, 6.45) is 2.43. The molecule has 1 saturated heterocycles. The van der Waals surface area contributed by atoms with Crippen molar-refractivity contribution in [2.24, 2.45) is 0 Å². The smallest absolute Gasteiger partial charge is 0.187 e. The van der Waals surface area contributed by atoms with Gasteiger partial charge in [-0.1, -0.05) is 5.21 Å². The van der Waals surface area contributed by atoms with Crippen LogP contribution in [0.4, 0.5) is 11.4 Å². The van der Waals surface area contributed by atoms with E-state index in [4.69, 9.17) is 14.2 Å². The number of pyridine rings is 1. The summed E-state index contributed by atoms with van der Waals surface area (Å²) in [6, 6.07) is 11.6. The maximum absolute atomic E-state index is 9.74. The molecule has 0 atom stereocenters. The zero-order chi connectivity index (χ0) is 23.3. The van der Waals surface area contributed by atoms with E-state index in [-0.39, 0.29) is 0 Å². The highest BCUT2D eigenvalue weighted by Gasteiger charge is 2.17. The summed E-state index contributed by atoms with van der Waals surface area (Å²) >= 11 is 0. The minimum atomic E-state index is 0.429. The van der Waals surface area contributed by atoms with Gasteiger partial charge in [0.15, 0.2) is 11.5 Å². The van der Waals surface area contributed by atoms with Gasteiger partial charge >= 0.3 is 0 Å². The Balaban J connectivity index is 1.43. The van der Waals surface area contributed by atoms with E-state index in [2.05, 4.69) is 36.7 Å². The Morgan fingerprint density at radius 3 is 2.94 bits per heavy atom. The Labute approximate surface area is 196 Å². The van der Waals surface area contributed by atoms with Gasteiger partial charge in [0.25, 0.3) is 0 Å². The van der Waals surface area contributed by atoms with Crippen LogP contribution in [0.1, 0.15) is 12.0 Å². The van der Waals surface area contributed by atoms with Gasteiger partial charge < -0.3 is 19.5 Å². The largest absolute Gasteiger partial charge is 0.493 e. The zero-order valence-electron chi connectivity index (χ0n) is 18.9. The number of anilines is 2. The minimum absolute atomic E-state index is 0.429. The second-order valence-electron chi connectivity index (χ2n) is 7.98. The quantitative estimate of drug-likeness (QED) is 0.382. The average Bonchev–Trinajstić information content (AvgIpc) is 3.35. The highest BCUT2D eigenvalue weighted by Crippen LogP contribution is 2.39. The number of nitriles is 1. The molecule has 1 fully saturated rings. The molecule has 174 valence electrons. The summed E-state index contributed by atoms with van der Waals surface area (Å²) in [6.45, 7) is 4.93. The fraction of sp³-hybridized carbons (Fsp3) is 0.333. The molecule has 0 bridgehead atoms. The van der Waals surface area contributed by atoms with Crippen molar-refractivity contribution < 1.29 is 14.2 Å². The number of ether oxygens (including phenoxy) is 3. The molecule has 2 aromatic heterocycles. The van der Waals surface area contributed by atoms with E-state index in [1.807, 2.05) is 30.3 Å². The Hall–Kier alpha value is -3.94. The first-order valence-corrected chi connectivity index (χ1v) is 11.2. The topological polar surface area (TPSA) is 121 Å². The molecule has 0 radical (unpaired) electrons. The second kappa shape index (κ2) is 9.91. The van der Waals surface area contributed by atoms with E-state index in [0.717, 1.165) is 61.4 Å². The first-order valence-electron chi connectivity index (χ1n) is 11.2. The van der Waals surface area contributed by atoms with Crippen LogP contribution in [0.25, 0.3) is 21.9 Å². The number of H-pyrrole nitrogens is 1. The Bertz CT molecular complexity index is 1340. The molecule has 3 heterocycles. The predicted octanol–water partition coefficient (Wildman–Crippen LogP) is 3.23. The monoisotopic (exact) mass is 459 g/mol. The third-order valence-corrected chi connectivity index (χ3v) is 5.86. The van der Waals surface area contributed by atoms with Crippen molar-refractivity contribution in [1.82, 2.24) is 25.3 Å². The number of methoxy groups -OCH3 is 1. The molecule has 1 aliphatic rings. The molecule has 1 aliphatic heterocycles. The van der Waals surface area contributed by atoms with Gasteiger partial charge in [-0.3, -0.25) is 15.0 Å². The van der Waals surface area contributed by atoms with Gasteiger partial charge in [0.2, 0.25) is 0 Å². The Morgan fingerprint density at radius 1 is 1.24 bits per heavy atom. The molecule has 0 saturated carbocycles. The van der Waals surface area contributed by atoms with E-state index in [1.54, 1.807) is 13.3 Å². The number of fused-ring (bicyclic) bond motifs is 2. The molecule has 0 amide bonds. The summed E-state index contributed by atoms with van der Waals surface area (Å²) < 4.78 is 17.1. The SMILES string of the molecule is COc1ccc2c(Nc3ccc4nn[nH]c4c3)c(C#N)cnc2c1OCCCN1CCOCC1. The summed E-state index contributed by atoms with van der Waals surface area (Å²) in [4.78, 5) is 6.93. The van der Waals surface area contributed by atoms with Crippen molar-refractivity contribution in [2.75, 3.05) is 51.9 Å². The van der Waals surface area contributed by atoms with Crippen molar-refractivity contribution in [3.05, 3.63) is 42.1 Å². The van der Waals surface area contributed by atoms with Crippen LogP contribution in [0, 0.1) is 11.3 Å². The molecule has 0 spiro atoms. The molecule has 10 nitrogen and oxygen atoms in total. The fourth-order valence-corrected chi connectivity index (χ4v) is 4.10. The molecule has 10 heteroatoms. The molecular formula is C24H25N7O3. The predicted molar refractivity (Wildman–Crippen MR) is 128 cm³/mol. The van der Waals surface area contributed by atoms with Gasteiger partial charge in [-0.15, -0.1) is 5.10 Å². The van der Waals surface area contributed by atoms with Crippen molar-refractivity contribution in [2.45, 2.75) is 6.42 Å². The Kier molecular flexibility index (Phi) is 6.38. The van der Waals surface area contributed by atoms with Crippen molar-refractivity contribution >= 4 is 33.3 Å². The van der Waals surface area contributed by atoms with E-state index < -0.39 is 0 Å². The average molecular weight is 460 g/mol. The lowest BCUT2D eigenvalue weighted by Gasteiger charge is -2.26. The summed E-state index contributed by atoms with van der Waals surface area (Å²) in [5.41, 5.74) is 4.08. The lowest BCUT2D eigenvalue weighted by molar-refractivity contribution is 0.0358. The molecule has 5 rings (SSSR count). The van der Waals surface area contributed by atoms with Crippen LogP contribution in [-0.4, -0.2) is 71.9 Å². The first kappa shape index (κ1) is 21.9. The number of benzene rings is 2. The van der Waals surface area contributed by atoms with Gasteiger partial charge in [0.05, 0.1) is 43.7 Å². The van der Waals surface area contributed by atoms with Crippen LogP contribution in [-0.2, 0) is 4.74 Å². The molecule has 2 N–H and O–H groups in total. The molecule has 4 aromatic rings. The summed E-state index contributed by atoms with van der Waals surface area (Å²) in [5.74, 6) is 1.18. The van der Waals surface area contributed by atoms with Gasteiger partial charge in [0.1, 0.15) is 17.1 Å². The first-order chi connectivity index (χ1) is 16.8. The fourth-order valence-electron chi connectivity index (χ4n) is 4.10. The summed E-state index contributed by atoms with van der Waals surface area (Å²) in [7, 11) is 1.61. The van der Waals surface area contributed by atoms with Crippen molar-refractivity contribution in [3.8, 4) is 17.6 Å². The number of hydrogen-bond acceptors (Lipinski definition) is 9. The van der Waals surface area contributed by atoms with Gasteiger partial charge in [-0.05, 0) is 36.8 Å².